The monoisotopic (exact) mass is 203 g/mol. The summed E-state index contributed by atoms with van der Waals surface area (Å²) >= 11 is 0. The Labute approximate surface area is 93.2 Å². The molecule has 0 saturated carbocycles. The largest absolute Gasteiger partial charge is 0.258 e. The Morgan fingerprint density at radius 2 is 1.67 bits per heavy atom. The fourth-order valence-corrected chi connectivity index (χ4v) is 1.89. The van der Waals surface area contributed by atoms with Gasteiger partial charge in [0.1, 0.15) is 0 Å². The zero-order valence-corrected chi connectivity index (χ0v) is 10.0. The molecule has 0 N–H and O–H groups in total. The normalized spacial score (nSPS) is 12.1. The van der Waals surface area contributed by atoms with E-state index in [9.17, 15) is 0 Å². The molecule has 0 aromatic heterocycles. The molecular weight excluding hydrogens is 182 g/mol. The lowest BCUT2D eigenvalue weighted by Gasteiger charge is -2.14. The highest BCUT2D eigenvalue weighted by molar-refractivity contribution is 5.88. The van der Waals surface area contributed by atoms with Gasteiger partial charge in [0.25, 0.3) is 0 Å². The van der Waals surface area contributed by atoms with Crippen LogP contribution in [0.3, 0.4) is 0 Å². The van der Waals surface area contributed by atoms with E-state index in [1.807, 2.05) is 18.2 Å². The Morgan fingerprint density at radius 3 is 2.13 bits per heavy atom. The van der Waals surface area contributed by atoms with Crippen LogP contribution in [0.5, 0.6) is 0 Å². The number of hydrogen-bond donors (Lipinski definition) is 0. The summed E-state index contributed by atoms with van der Waals surface area (Å²) in [7, 11) is 0. The summed E-state index contributed by atoms with van der Waals surface area (Å²) in [5, 5.41) is 0. The van der Waals surface area contributed by atoms with Crippen molar-refractivity contribution in [2.24, 2.45) is 10.9 Å². The van der Waals surface area contributed by atoms with Gasteiger partial charge in [-0.2, -0.15) is 0 Å². The third kappa shape index (κ3) is 3.50. The minimum atomic E-state index is 0.648. The molecule has 1 heteroatoms. The van der Waals surface area contributed by atoms with Gasteiger partial charge in [-0.1, -0.05) is 39.0 Å². The quantitative estimate of drug-likeness (QED) is 0.620. The lowest BCUT2D eigenvalue weighted by Crippen LogP contribution is -2.11. The topological polar surface area (TPSA) is 12.4 Å². The van der Waals surface area contributed by atoms with Crippen LogP contribution in [0.15, 0.2) is 35.3 Å². The zero-order chi connectivity index (χ0) is 11.1. The zero-order valence-electron chi connectivity index (χ0n) is 10.0. The third-order valence-corrected chi connectivity index (χ3v) is 2.85. The van der Waals surface area contributed by atoms with E-state index in [-0.39, 0.29) is 0 Å². The first kappa shape index (κ1) is 12.0. The lowest BCUT2D eigenvalue weighted by molar-refractivity contribution is 0.633. The Hall–Kier alpha value is -1.11. The molecule has 0 unspecified atom stereocenters. The van der Waals surface area contributed by atoms with E-state index in [4.69, 9.17) is 4.99 Å². The van der Waals surface area contributed by atoms with E-state index in [1.165, 1.54) is 18.6 Å². The summed E-state index contributed by atoms with van der Waals surface area (Å²) in [5.74, 6) is 0.648. The van der Waals surface area contributed by atoms with Gasteiger partial charge in [0.2, 0.25) is 0 Å². The van der Waals surface area contributed by atoms with E-state index < -0.39 is 0 Å². The number of nitrogens with zero attached hydrogens (tertiary/aromatic N) is 1. The average molecular weight is 203 g/mol. The van der Waals surface area contributed by atoms with Crippen LogP contribution in [0, 0.1) is 5.92 Å². The molecule has 0 fully saturated rings. The van der Waals surface area contributed by atoms with Crippen molar-refractivity contribution in [3.8, 4) is 0 Å². The fraction of sp³-hybridized carbons (Fsp3) is 0.500. The van der Waals surface area contributed by atoms with Crippen LogP contribution in [-0.4, -0.2) is 5.71 Å². The molecule has 0 amide bonds. The van der Waals surface area contributed by atoms with Gasteiger partial charge < -0.3 is 0 Å². The van der Waals surface area contributed by atoms with Crippen molar-refractivity contribution in [1.29, 1.82) is 0 Å². The van der Waals surface area contributed by atoms with Crippen LogP contribution < -0.4 is 0 Å². The molecule has 0 radical (unpaired) electrons. The molecule has 0 saturated heterocycles. The van der Waals surface area contributed by atoms with Gasteiger partial charge in [-0.15, -0.1) is 0 Å². The van der Waals surface area contributed by atoms with Gasteiger partial charge in [0, 0.05) is 5.71 Å². The molecule has 0 bridgehead atoms. The van der Waals surface area contributed by atoms with Crippen molar-refractivity contribution < 1.29 is 0 Å². The maximum absolute atomic E-state index is 4.74. The summed E-state index contributed by atoms with van der Waals surface area (Å²) in [6.45, 7) is 6.68. The maximum Gasteiger partial charge on any atom is 0.0629 e. The Kier molecular flexibility index (Phi) is 5.09. The lowest BCUT2D eigenvalue weighted by atomic mass is 9.95. The summed E-state index contributed by atoms with van der Waals surface area (Å²) in [6.07, 6.45) is 3.44. The highest BCUT2D eigenvalue weighted by atomic mass is 14.7. The highest BCUT2D eigenvalue weighted by Gasteiger charge is 2.09. The first-order valence-electron chi connectivity index (χ1n) is 5.94. The molecule has 0 spiro atoms. The van der Waals surface area contributed by atoms with E-state index >= 15 is 0 Å². The van der Waals surface area contributed by atoms with Crippen LogP contribution in [0.25, 0.3) is 0 Å². The second-order valence-electron chi connectivity index (χ2n) is 3.81. The SMILES string of the molecule is CCC(=Nc1ccccc1)C(CC)CC. The summed E-state index contributed by atoms with van der Waals surface area (Å²) in [6, 6.07) is 10.2. The predicted octanol–water partition coefficient (Wildman–Crippen LogP) is 4.61. The molecule has 82 valence electrons. The molecule has 0 aliphatic rings. The molecule has 0 atom stereocenters. The maximum atomic E-state index is 4.74. The van der Waals surface area contributed by atoms with E-state index in [0.29, 0.717) is 5.92 Å². The van der Waals surface area contributed by atoms with Crippen molar-refractivity contribution in [3.63, 3.8) is 0 Å². The predicted molar refractivity (Wildman–Crippen MR) is 67.9 cm³/mol. The van der Waals surface area contributed by atoms with Crippen molar-refractivity contribution in [2.75, 3.05) is 0 Å². The van der Waals surface area contributed by atoms with Gasteiger partial charge in [-0.3, -0.25) is 4.99 Å². The van der Waals surface area contributed by atoms with Crippen LogP contribution in [-0.2, 0) is 0 Å². The molecule has 0 aliphatic carbocycles. The van der Waals surface area contributed by atoms with Gasteiger partial charge in [-0.05, 0) is 37.3 Å². The highest BCUT2D eigenvalue weighted by Crippen LogP contribution is 2.18. The van der Waals surface area contributed by atoms with E-state index in [0.717, 1.165) is 12.1 Å². The molecular formula is C14H21N. The van der Waals surface area contributed by atoms with Crippen molar-refractivity contribution >= 4 is 11.4 Å². The van der Waals surface area contributed by atoms with Crippen molar-refractivity contribution in [1.82, 2.24) is 0 Å². The van der Waals surface area contributed by atoms with Crippen LogP contribution >= 0.6 is 0 Å². The fourth-order valence-electron chi connectivity index (χ4n) is 1.89. The summed E-state index contributed by atoms with van der Waals surface area (Å²) in [5.41, 5.74) is 2.42. The number of para-hydroxylation sites is 1. The second kappa shape index (κ2) is 6.39. The van der Waals surface area contributed by atoms with Crippen LogP contribution in [0.4, 0.5) is 5.69 Å². The van der Waals surface area contributed by atoms with Crippen molar-refractivity contribution in [3.05, 3.63) is 30.3 Å². The number of rotatable bonds is 5. The summed E-state index contributed by atoms with van der Waals surface area (Å²) < 4.78 is 0. The van der Waals surface area contributed by atoms with Crippen LogP contribution in [0.2, 0.25) is 0 Å². The third-order valence-electron chi connectivity index (χ3n) is 2.85. The molecule has 1 nitrogen and oxygen atoms in total. The molecule has 15 heavy (non-hydrogen) atoms. The first-order chi connectivity index (χ1) is 7.31. The minimum absolute atomic E-state index is 0.648. The van der Waals surface area contributed by atoms with Crippen LogP contribution in [0.1, 0.15) is 40.0 Å². The smallest absolute Gasteiger partial charge is 0.0629 e. The molecule has 1 aromatic rings. The number of benzene rings is 1. The molecule has 0 aliphatic heterocycles. The molecule has 1 rings (SSSR count). The minimum Gasteiger partial charge on any atom is -0.258 e. The first-order valence-corrected chi connectivity index (χ1v) is 5.94. The van der Waals surface area contributed by atoms with E-state index in [2.05, 4.69) is 32.9 Å². The summed E-state index contributed by atoms with van der Waals surface area (Å²) in [4.78, 5) is 4.74. The second-order valence-corrected chi connectivity index (χ2v) is 3.81. The van der Waals surface area contributed by atoms with Gasteiger partial charge in [0.15, 0.2) is 0 Å². The Balaban J connectivity index is 2.86. The standard InChI is InChI=1S/C14H21N/c1-4-12(5-2)14(6-3)15-13-10-8-7-9-11-13/h7-12H,4-6H2,1-3H3. The Morgan fingerprint density at radius 1 is 1.07 bits per heavy atom. The number of aliphatic imine (C=N–C) groups is 1. The number of hydrogen-bond acceptors (Lipinski definition) is 1. The van der Waals surface area contributed by atoms with Gasteiger partial charge in [-0.25, -0.2) is 0 Å². The van der Waals surface area contributed by atoms with Crippen molar-refractivity contribution in [2.45, 2.75) is 40.0 Å². The van der Waals surface area contributed by atoms with Gasteiger partial charge >= 0.3 is 0 Å². The Bertz CT molecular complexity index is 296. The van der Waals surface area contributed by atoms with Gasteiger partial charge in [0.05, 0.1) is 5.69 Å². The molecule has 1 aromatic carbocycles. The molecule has 0 heterocycles. The van der Waals surface area contributed by atoms with E-state index in [1.54, 1.807) is 0 Å². The average Bonchev–Trinajstić information content (AvgIpc) is 2.30.